The second-order valence-corrected chi connectivity index (χ2v) is 4.34. The number of carbonyl (C=O) groups excluding carboxylic acids is 1. The lowest BCUT2D eigenvalue weighted by atomic mass is 10.1. The lowest BCUT2D eigenvalue weighted by Gasteiger charge is -2.25. The van der Waals surface area contributed by atoms with E-state index < -0.39 is 0 Å². The van der Waals surface area contributed by atoms with Crippen LogP contribution in [-0.2, 0) is 4.79 Å². The van der Waals surface area contributed by atoms with Gasteiger partial charge in [-0.15, -0.1) is 0 Å². The van der Waals surface area contributed by atoms with Crippen LogP contribution in [0.3, 0.4) is 0 Å². The first-order valence-electron chi connectivity index (χ1n) is 6.08. The summed E-state index contributed by atoms with van der Waals surface area (Å²) in [7, 11) is 0. The van der Waals surface area contributed by atoms with Gasteiger partial charge in [0.15, 0.2) is 0 Å². The SMILES string of the molecule is CC.CC1CNC(CN(C=O)C(C)C)C1. The van der Waals surface area contributed by atoms with Crippen LogP contribution in [0.15, 0.2) is 0 Å². The summed E-state index contributed by atoms with van der Waals surface area (Å²) in [6, 6.07) is 0.817. The van der Waals surface area contributed by atoms with Crippen molar-refractivity contribution >= 4 is 6.41 Å². The number of hydrogen-bond acceptors (Lipinski definition) is 2. The van der Waals surface area contributed by atoms with Gasteiger partial charge in [-0.25, -0.2) is 0 Å². The highest BCUT2D eigenvalue weighted by atomic mass is 16.1. The lowest BCUT2D eigenvalue weighted by molar-refractivity contribution is -0.119. The highest BCUT2D eigenvalue weighted by Gasteiger charge is 2.22. The van der Waals surface area contributed by atoms with Gasteiger partial charge in [-0.2, -0.15) is 0 Å². The van der Waals surface area contributed by atoms with E-state index in [1.807, 2.05) is 32.6 Å². The zero-order valence-electron chi connectivity index (χ0n) is 10.8. The molecule has 15 heavy (non-hydrogen) atoms. The molecule has 2 unspecified atom stereocenters. The molecule has 0 radical (unpaired) electrons. The predicted octanol–water partition coefficient (Wildman–Crippen LogP) is 1.88. The van der Waals surface area contributed by atoms with Crippen molar-refractivity contribution in [2.75, 3.05) is 13.1 Å². The van der Waals surface area contributed by atoms with Gasteiger partial charge in [-0.3, -0.25) is 4.79 Å². The largest absolute Gasteiger partial charge is 0.341 e. The molecule has 0 spiro atoms. The fourth-order valence-electron chi connectivity index (χ4n) is 1.79. The summed E-state index contributed by atoms with van der Waals surface area (Å²) in [6.45, 7) is 12.3. The van der Waals surface area contributed by atoms with Gasteiger partial charge >= 0.3 is 0 Å². The highest BCUT2D eigenvalue weighted by Crippen LogP contribution is 2.13. The molecular weight excluding hydrogens is 188 g/mol. The van der Waals surface area contributed by atoms with Crippen molar-refractivity contribution in [1.82, 2.24) is 10.2 Å². The van der Waals surface area contributed by atoms with Crippen LogP contribution < -0.4 is 5.32 Å². The summed E-state index contributed by atoms with van der Waals surface area (Å²) < 4.78 is 0. The lowest BCUT2D eigenvalue weighted by Crippen LogP contribution is -2.40. The van der Waals surface area contributed by atoms with Gasteiger partial charge in [0.2, 0.25) is 6.41 Å². The van der Waals surface area contributed by atoms with Gasteiger partial charge < -0.3 is 10.2 Å². The number of hydrogen-bond donors (Lipinski definition) is 1. The number of amides is 1. The standard InChI is InChI=1S/C10H20N2O.C2H6/c1-8(2)12(7-13)6-10-4-9(3)5-11-10;1-2/h7-11H,4-6H2,1-3H3;1-2H3. The molecule has 0 aromatic rings. The highest BCUT2D eigenvalue weighted by molar-refractivity contribution is 5.47. The molecule has 0 aromatic heterocycles. The molecular formula is C12H26N2O. The van der Waals surface area contributed by atoms with Crippen molar-refractivity contribution in [3.05, 3.63) is 0 Å². The van der Waals surface area contributed by atoms with E-state index in [-0.39, 0.29) is 0 Å². The van der Waals surface area contributed by atoms with Crippen LogP contribution in [0.25, 0.3) is 0 Å². The maximum Gasteiger partial charge on any atom is 0.209 e. The third kappa shape index (κ3) is 5.17. The Labute approximate surface area is 94.2 Å². The van der Waals surface area contributed by atoms with Crippen molar-refractivity contribution in [3.63, 3.8) is 0 Å². The Hall–Kier alpha value is -0.570. The summed E-state index contributed by atoms with van der Waals surface area (Å²) >= 11 is 0. The second kappa shape index (κ2) is 7.69. The Morgan fingerprint density at radius 3 is 2.40 bits per heavy atom. The van der Waals surface area contributed by atoms with Gasteiger partial charge in [-0.1, -0.05) is 20.8 Å². The summed E-state index contributed by atoms with van der Waals surface area (Å²) in [5.74, 6) is 0.755. The van der Waals surface area contributed by atoms with Crippen molar-refractivity contribution in [1.29, 1.82) is 0 Å². The van der Waals surface area contributed by atoms with Crippen LogP contribution >= 0.6 is 0 Å². The molecule has 1 aliphatic heterocycles. The smallest absolute Gasteiger partial charge is 0.209 e. The van der Waals surface area contributed by atoms with E-state index in [0.29, 0.717) is 12.1 Å². The molecule has 0 saturated carbocycles. The predicted molar refractivity (Wildman–Crippen MR) is 64.8 cm³/mol. The first-order chi connectivity index (χ1) is 7.13. The fourth-order valence-corrected chi connectivity index (χ4v) is 1.79. The third-order valence-corrected chi connectivity index (χ3v) is 2.67. The van der Waals surface area contributed by atoms with Crippen LogP contribution in [0.4, 0.5) is 0 Å². The minimum Gasteiger partial charge on any atom is -0.341 e. The van der Waals surface area contributed by atoms with Crippen molar-refractivity contribution in [2.24, 2.45) is 5.92 Å². The van der Waals surface area contributed by atoms with Gasteiger partial charge in [0.25, 0.3) is 0 Å². The summed E-state index contributed by atoms with van der Waals surface area (Å²) in [5, 5.41) is 3.43. The quantitative estimate of drug-likeness (QED) is 0.725. The summed E-state index contributed by atoms with van der Waals surface area (Å²) in [5.41, 5.74) is 0. The number of nitrogens with zero attached hydrogens (tertiary/aromatic N) is 1. The molecule has 0 bridgehead atoms. The van der Waals surface area contributed by atoms with Crippen LogP contribution in [0.1, 0.15) is 41.0 Å². The zero-order valence-corrected chi connectivity index (χ0v) is 10.8. The van der Waals surface area contributed by atoms with E-state index in [0.717, 1.165) is 25.4 Å². The third-order valence-electron chi connectivity index (χ3n) is 2.67. The summed E-state index contributed by atoms with van der Waals surface area (Å²) in [4.78, 5) is 12.6. The minimum atomic E-state index is 0.315. The maximum atomic E-state index is 10.7. The number of nitrogens with one attached hydrogen (secondary N) is 1. The molecule has 2 atom stereocenters. The van der Waals surface area contributed by atoms with Crippen molar-refractivity contribution in [3.8, 4) is 0 Å². The maximum absolute atomic E-state index is 10.7. The Morgan fingerprint density at radius 1 is 1.47 bits per heavy atom. The first-order valence-corrected chi connectivity index (χ1v) is 6.08. The molecule has 1 fully saturated rings. The Kier molecular flexibility index (Phi) is 7.39. The van der Waals surface area contributed by atoms with E-state index >= 15 is 0 Å². The molecule has 0 aromatic carbocycles. The Balaban J connectivity index is 0.000000921. The minimum absolute atomic E-state index is 0.315. The Morgan fingerprint density at radius 2 is 2.07 bits per heavy atom. The monoisotopic (exact) mass is 214 g/mol. The number of carbonyl (C=O) groups is 1. The zero-order chi connectivity index (χ0) is 11.8. The fraction of sp³-hybridized carbons (Fsp3) is 0.917. The molecule has 1 saturated heterocycles. The molecule has 1 heterocycles. The normalized spacial score (nSPS) is 24.7. The summed E-state index contributed by atoms with van der Waals surface area (Å²) in [6.07, 6.45) is 2.15. The topological polar surface area (TPSA) is 32.3 Å². The van der Waals surface area contributed by atoms with Crippen LogP contribution in [-0.4, -0.2) is 36.5 Å². The van der Waals surface area contributed by atoms with E-state index in [1.165, 1.54) is 6.42 Å². The Bertz CT molecular complexity index is 171. The molecule has 90 valence electrons. The van der Waals surface area contributed by atoms with E-state index in [1.54, 1.807) is 0 Å². The molecule has 0 aliphatic carbocycles. The molecule has 3 heteroatoms. The average molecular weight is 214 g/mol. The van der Waals surface area contributed by atoms with E-state index in [4.69, 9.17) is 0 Å². The first kappa shape index (κ1) is 14.4. The van der Waals surface area contributed by atoms with Crippen LogP contribution in [0.2, 0.25) is 0 Å². The van der Waals surface area contributed by atoms with Gasteiger partial charge in [0.05, 0.1) is 0 Å². The van der Waals surface area contributed by atoms with E-state index in [2.05, 4.69) is 12.2 Å². The second-order valence-electron chi connectivity index (χ2n) is 4.34. The molecule has 3 nitrogen and oxygen atoms in total. The van der Waals surface area contributed by atoms with E-state index in [9.17, 15) is 4.79 Å². The van der Waals surface area contributed by atoms with Crippen molar-refractivity contribution < 1.29 is 4.79 Å². The molecule has 1 N–H and O–H groups in total. The number of rotatable bonds is 4. The van der Waals surface area contributed by atoms with Gasteiger partial charge in [0.1, 0.15) is 0 Å². The molecule has 1 aliphatic rings. The molecule has 1 rings (SSSR count). The van der Waals surface area contributed by atoms with Crippen molar-refractivity contribution in [2.45, 2.75) is 53.1 Å². The van der Waals surface area contributed by atoms with Crippen LogP contribution in [0.5, 0.6) is 0 Å². The van der Waals surface area contributed by atoms with Gasteiger partial charge in [0, 0.05) is 18.6 Å². The van der Waals surface area contributed by atoms with Gasteiger partial charge in [-0.05, 0) is 32.7 Å². The average Bonchev–Trinajstić information content (AvgIpc) is 2.63. The van der Waals surface area contributed by atoms with Crippen LogP contribution in [0, 0.1) is 5.92 Å². The molecule has 1 amide bonds.